The first kappa shape index (κ1) is 11.7. The van der Waals surface area contributed by atoms with Gasteiger partial charge in [-0.2, -0.15) is 0 Å². The van der Waals surface area contributed by atoms with Gasteiger partial charge in [-0.3, -0.25) is 4.98 Å². The molecule has 0 saturated heterocycles. The van der Waals surface area contributed by atoms with Gasteiger partial charge in [-0.15, -0.1) is 0 Å². The average molecular weight is 272 g/mol. The summed E-state index contributed by atoms with van der Waals surface area (Å²) in [6, 6.07) is 12.3. The van der Waals surface area contributed by atoms with Crippen LogP contribution in [0.2, 0.25) is 5.02 Å². The molecule has 0 amide bonds. The van der Waals surface area contributed by atoms with Crippen molar-refractivity contribution in [3.63, 3.8) is 0 Å². The topological polar surface area (TPSA) is 58.0 Å². The lowest BCUT2D eigenvalue weighted by atomic mass is 10.3. The van der Waals surface area contributed by atoms with Crippen LogP contribution >= 0.6 is 11.6 Å². The summed E-state index contributed by atoms with van der Waals surface area (Å²) in [5.74, 6) is 0.715. The van der Waals surface area contributed by atoms with Gasteiger partial charge in [0.15, 0.2) is 0 Å². The smallest absolute Gasteiger partial charge is 0.149 e. The zero-order chi connectivity index (χ0) is 13.2. The molecular formula is C14H10ClN3O. The van der Waals surface area contributed by atoms with E-state index in [2.05, 4.69) is 15.3 Å². The molecule has 4 nitrogen and oxygen atoms in total. The van der Waals surface area contributed by atoms with Gasteiger partial charge in [-0.25, -0.2) is 4.98 Å². The van der Waals surface area contributed by atoms with Crippen LogP contribution in [0.5, 0.6) is 5.75 Å². The Kier molecular flexibility index (Phi) is 2.93. The summed E-state index contributed by atoms with van der Waals surface area (Å²) in [7, 11) is 0. The summed E-state index contributed by atoms with van der Waals surface area (Å²) in [4.78, 5) is 8.73. The maximum absolute atomic E-state index is 9.45. The Morgan fingerprint density at radius 3 is 2.68 bits per heavy atom. The number of rotatable bonds is 2. The monoisotopic (exact) mass is 271 g/mol. The lowest BCUT2D eigenvalue weighted by Gasteiger charge is -2.08. The van der Waals surface area contributed by atoms with E-state index >= 15 is 0 Å². The van der Waals surface area contributed by atoms with Crippen molar-refractivity contribution in [2.45, 2.75) is 0 Å². The number of hydrogen-bond donors (Lipinski definition) is 2. The molecule has 2 aromatic carbocycles. The summed E-state index contributed by atoms with van der Waals surface area (Å²) in [6.07, 6.45) is 1.63. The van der Waals surface area contributed by atoms with Crippen molar-refractivity contribution < 1.29 is 5.11 Å². The molecule has 0 aliphatic heterocycles. The van der Waals surface area contributed by atoms with Gasteiger partial charge in [-0.05, 0) is 24.3 Å². The van der Waals surface area contributed by atoms with E-state index in [1.807, 2.05) is 24.3 Å². The minimum absolute atomic E-state index is 0.139. The molecule has 1 heterocycles. The van der Waals surface area contributed by atoms with Crippen molar-refractivity contribution in [3.8, 4) is 5.75 Å². The number of para-hydroxylation sites is 2. The third kappa shape index (κ3) is 2.44. The van der Waals surface area contributed by atoms with E-state index in [0.717, 1.165) is 11.0 Å². The fraction of sp³-hybridized carbons (Fsp3) is 0. The summed E-state index contributed by atoms with van der Waals surface area (Å²) < 4.78 is 0. The number of anilines is 2. The zero-order valence-corrected chi connectivity index (χ0v) is 10.6. The predicted molar refractivity (Wildman–Crippen MR) is 75.9 cm³/mol. The third-order valence-corrected chi connectivity index (χ3v) is 2.99. The van der Waals surface area contributed by atoms with Crippen molar-refractivity contribution in [1.82, 2.24) is 9.97 Å². The molecule has 0 aliphatic rings. The highest BCUT2D eigenvalue weighted by molar-refractivity contribution is 6.33. The molecule has 0 spiro atoms. The van der Waals surface area contributed by atoms with Crippen LogP contribution in [0, 0.1) is 0 Å². The average Bonchev–Trinajstić information content (AvgIpc) is 2.43. The second-order valence-corrected chi connectivity index (χ2v) is 4.44. The van der Waals surface area contributed by atoms with Gasteiger partial charge in [0, 0.05) is 6.07 Å². The van der Waals surface area contributed by atoms with Crippen molar-refractivity contribution >= 4 is 34.1 Å². The number of hydrogen-bond acceptors (Lipinski definition) is 4. The highest BCUT2D eigenvalue weighted by atomic mass is 35.5. The minimum atomic E-state index is 0.139. The van der Waals surface area contributed by atoms with Crippen molar-refractivity contribution in [3.05, 3.63) is 53.7 Å². The summed E-state index contributed by atoms with van der Waals surface area (Å²) in [5, 5.41) is 13.0. The van der Waals surface area contributed by atoms with E-state index in [4.69, 9.17) is 11.6 Å². The van der Waals surface area contributed by atoms with Crippen LogP contribution in [-0.4, -0.2) is 15.1 Å². The largest absolute Gasteiger partial charge is 0.508 e. The fourth-order valence-electron chi connectivity index (χ4n) is 1.76. The number of phenolic OH excluding ortho intramolecular Hbond substituents is 1. The third-order valence-electron chi connectivity index (χ3n) is 2.66. The molecule has 2 N–H and O–H groups in total. The fourth-order valence-corrected chi connectivity index (χ4v) is 1.93. The molecule has 0 aliphatic carbocycles. The summed E-state index contributed by atoms with van der Waals surface area (Å²) in [6.45, 7) is 0. The molecule has 94 valence electrons. The first-order chi connectivity index (χ1) is 9.22. The van der Waals surface area contributed by atoms with Gasteiger partial charge in [-0.1, -0.05) is 23.7 Å². The first-order valence-corrected chi connectivity index (χ1v) is 6.07. The minimum Gasteiger partial charge on any atom is -0.508 e. The molecule has 1 aromatic heterocycles. The number of halogens is 1. The Labute approximate surface area is 114 Å². The Morgan fingerprint density at radius 2 is 1.84 bits per heavy atom. The highest BCUT2D eigenvalue weighted by Crippen LogP contribution is 2.28. The molecular weight excluding hydrogens is 262 g/mol. The quantitative estimate of drug-likeness (QED) is 0.746. The van der Waals surface area contributed by atoms with E-state index in [9.17, 15) is 5.11 Å². The number of aromatic hydroxyl groups is 1. The zero-order valence-electron chi connectivity index (χ0n) is 9.84. The van der Waals surface area contributed by atoms with Crippen molar-refractivity contribution in [2.24, 2.45) is 0 Å². The van der Waals surface area contributed by atoms with Crippen molar-refractivity contribution in [1.29, 1.82) is 0 Å². The van der Waals surface area contributed by atoms with Crippen LogP contribution in [0.4, 0.5) is 11.5 Å². The van der Waals surface area contributed by atoms with Crippen LogP contribution in [-0.2, 0) is 0 Å². The van der Waals surface area contributed by atoms with Crippen LogP contribution in [0.3, 0.4) is 0 Å². The summed E-state index contributed by atoms with van der Waals surface area (Å²) in [5.41, 5.74) is 2.21. The molecule has 0 bridgehead atoms. The van der Waals surface area contributed by atoms with E-state index in [0.29, 0.717) is 16.5 Å². The number of phenols is 1. The maximum Gasteiger partial charge on any atom is 0.149 e. The lowest BCUT2D eigenvalue weighted by Crippen LogP contribution is -1.95. The molecule has 3 rings (SSSR count). The van der Waals surface area contributed by atoms with Gasteiger partial charge in [0.2, 0.25) is 0 Å². The normalized spacial score (nSPS) is 10.6. The Bertz CT molecular complexity index is 746. The van der Waals surface area contributed by atoms with Gasteiger partial charge in [0.05, 0.1) is 27.9 Å². The van der Waals surface area contributed by atoms with Crippen LogP contribution in [0.25, 0.3) is 11.0 Å². The Balaban J connectivity index is 1.98. The SMILES string of the molecule is Oc1ccc(Cl)c(Nc2cnc3ccccc3n2)c1. The molecule has 5 heteroatoms. The van der Waals surface area contributed by atoms with Gasteiger partial charge < -0.3 is 10.4 Å². The molecule has 0 radical (unpaired) electrons. The van der Waals surface area contributed by atoms with Crippen molar-refractivity contribution in [2.75, 3.05) is 5.32 Å². The van der Waals surface area contributed by atoms with Gasteiger partial charge in [0.1, 0.15) is 11.6 Å². The predicted octanol–water partition coefficient (Wildman–Crippen LogP) is 3.73. The Morgan fingerprint density at radius 1 is 1.05 bits per heavy atom. The van der Waals surface area contributed by atoms with E-state index in [1.54, 1.807) is 18.3 Å². The van der Waals surface area contributed by atoms with E-state index < -0.39 is 0 Å². The first-order valence-electron chi connectivity index (χ1n) is 5.70. The second kappa shape index (κ2) is 4.74. The highest BCUT2D eigenvalue weighted by Gasteiger charge is 2.04. The second-order valence-electron chi connectivity index (χ2n) is 4.03. The van der Waals surface area contributed by atoms with E-state index in [-0.39, 0.29) is 5.75 Å². The molecule has 0 unspecified atom stereocenters. The van der Waals surface area contributed by atoms with Crippen LogP contribution in [0.1, 0.15) is 0 Å². The maximum atomic E-state index is 9.45. The lowest BCUT2D eigenvalue weighted by molar-refractivity contribution is 0.475. The number of nitrogens with zero attached hydrogens (tertiary/aromatic N) is 2. The standard InChI is InChI=1S/C14H10ClN3O/c15-10-6-5-9(19)7-13(10)18-14-8-16-11-3-1-2-4-12(11)17-14/h1-8,19H,(H,17,18). The Hall–Kier alpha value is -2.33. The number of aromatic nitrogens is 2. The van der Waals surface area contributed by atoms with Crippen LogP contribution < -0.4 is 5.32 Å². The molecule has 0 atom stereocenters. The molecule has 19 heavy (non-hydrogen) atoms. The van der Waals surface area contributed by atoms with Gasteiger partial charge >= 0.3 is 0 Å². The number of benzene rings is 2. The van der Waals surface area contributed by atoms with Gasteiger partial charge in [0.25, 0.3) is 0 Å². The molecule has 0 fully saturated rings. The van der Waals surface area contributed by atoms with Crippen LogP contribution in [0.15, 0.2) is 48.7 Å². The molecule has 0 saturated carbocycles. The molecule has 3 aromatic rings. The number of fused-ring (bicyclic) bond motifs is 1. The number of nitrogens with one attached hydrogen (secondary N) is 1. The summed E-state index contributed by atoms with van der Waals surface area (Å²) >= 11 is 6.04. The van der Waals surface area contributed by atoms with E-state index in [1.165, 1.54) is 6.07 Å².